The van der Waals surface area contributed by atoms with Crippen molar-refractivity contribution < 1.29 is 4.79 Å². The van der Waals surface area contributed by atoms with Crippen molar-refractivity contribution in [3.8, 4) is 0 Å². The molecule has 0 saturated heterocycles. The minimum atomic E-state index is -0.00850. The van der Waals surface area contributed by atoms with Crippen molar-refractivity contribution in [2.45, 2.75) is 20.8 Å². The molecule has 1 N–H and O–H groups in total. The molecule has 1 rings (SSSR count). The standard InChI is InChI=1S/C14H22N2O.ClH/c1-10-6-11(2)8-13(7-10)16(5)14(17)12(3)9-15-4;/h6-8,12,15H,9H2,1-5H3;1H. The molecule has 0 saturated carbocycles. The van der Waals surface area contributed by atoms with Crippen LogP contribution in [0.25, 0.3) is 0 Å². The van der Waals surface area contributed by atoms with Crippen LogP contribution < -0.4 is 10.2 Å². The average Bonchev–Trinajstić information content (AvgIpc) is 2.26. The van der Waals surface area contributed by atoms with E-state index < -0.39 is 0 Å². The van der Waals surface area contributed by atoms with Gasteiger partial charge in [0.1, 0.15) is 0 Å². The molecule has 1 atom stereocenters. The normalized spacial score (nSPS) is 11.6. The zero-order valence-corrected chi connectivity index (χ0v) is 12.6. The van der Waals surface area contributed by atoms with E-state index in [1.54, 1.807) is 4.90 Å². The van der Waals surface area contributed by atoms with Crippen LogP contribution in [-0.2, 0) is 4.79 Å². The minimum absolute atomic E-state index is 0. The van der Waals surface area contributed by atoms with Gasteiger partial charge in [0.15, 0.2) is 0 Å². The number of carbonyl (C=O) groups is 1. The Kier molecular flexibility index (Phi) is 6.96. The molecule has 0 aliphatic heterocycles. The molecule has 3 nitrogen and oxygen atoms in total. The van der Waals surface area contributed by atoms with Crippen LogP contribution in [0.5, 0.6) is 0 Å². The van der Waals surface area contributed by atoms with Crippen LogP contribution in [0.1, 0.15) is 18.1 Å². The van der Waals surface area contributed by atoms with Crippen LogP contribution in [0.2, 0.25) is 0 Å². The van der Waals surface area contributed by atoms with Gasteiger partial charge in [0.25, 0.3) is 0 Å². The number of carbonyl (C=O) groups excluding carboxylic acids is 1. The largest absolute Gasteiger partial charge is 0.319 e. The summed E-state index contributed by atoms with van der Waals surface area (Å²) in [5.41, 5.74) is 3.33. The van der Waals surface area contributed by atoms with Gasteiger partial charge < -0.3 is 10.2 Å². The van der Waals surface area contributed by atoms with Gasteiger partial charge in [-0.25, -0.2) is 0 Å². The van der Waals surface area contributed by atoms with Gasteiger partial charge in [-0.05, 0) is 44.2 Å². The molecule has 0 aromatic heterocycles. The van der Waals surface area contributed by atoms with Crippen LogP contribution >= 0.6 is 12.4 Å². The number of aryl methyl sites for hydroxylation is 2. The number of nitrogens with one attached hydrogen (secondary N) is 1. The average molecular weight is 271 g/mol. The molecular formula is C14H23ClN2O. The molecule has 0 spiro atoms. The Hall–Kier alpha value is -1.06. The van der Waals surface area contributed by atoms with Crippen molar-refractivity contribution in [2.24, 2.45) is 5.92 Å². The SMILES string of the molecule is CNCC(C)C(=O)N(C)c1cc(C)cc(C)c1.Cl. The summed E-state index contributed by atoms with van der Waals surface area (Å²) in [5, 5.41) is 3.03. The summed E-state index contributed by atoms with van der Waals surface area (Å²) in [7, 11) is 3.70. The first-order valence-electron chi connectivity index (χ1n) is 5.96. The molecule has 1 aromatic carbocycles. The molecule has 0 heterocycles. The van der Waals surface area contributed by atoms with Crippen LogP contribution in [0, 0.1) is 19.8 Å². The van der Waals surface area contributed by atoms with E-state index in [0.29, 0.717) is 6.54 Å². The lowest BCUT2D eigenvalue weighted by atomic mass is 10.1. The molecule has 18 heavy (non-hydrogen) atoms. The second-order valence-electron chi connectivity index (χ2n) is 4.70. The molecule has 1 aromatic rings. The van der Waals surface area contributed by atoms with Gasteiger partial charge in [0.2, 0.25) is 5.91 Å². The van der Waals surface area contributed by atoms with E-state index >= 15 is 0 Å². The third-order valence-corrected chi connectivity index (χ3v) is 2.86. The van der Waals surface area contributed by atoms with Gasteiger partial charge in [-0.3, -0.25) is 4.79 Å². The molecule has 1 amide bonds. The van der Waals surface area contributed by atoms with Crippen LogP contribution in [0.15, 0.2) is 18.2 Å². The Morgan fingerprint density at radius 1 is 1.28 bits per heavy atom. The van der Waals surface area contributed by atoms with Crippen molar-refractivity contribution in [1.29, 1.82) is 0 Å². The maximum Gasteiger partial charge on any atom is 0.230 e. The fourth-order valence-electron chi connectivity index (χ4n) is 2.00. The van der Waals surface area contributed by atoms with Crippen molar-refractivity contribution in [3.63, 3.8) is 0 Å². The van der Waals surface area contributed by atoms with E-state index in [1.165, 1.54) is 11.1 Å². The number of halogens is 1. The molecule has 0 aliphatic carbocycles. The Bertz CT molecular complexity index is 387. The fraction of sp³-hybridized carbons (Fsp3) is 0.500. The van der Waals surface area contributed by atoms with Gasteiger partial charge >= 0.3 is 0 Å². The fourth-order valence-corrected chi connectivity index (χ4v) is 2.00. The minimum Gasteiger partial charge on any atom is -0.319 e. The summed E-state index contributed by atoms with van der Waals surface area (Å²) >= 11 is 0. The molecular weight excluding hydrogens is 248 g/mol. The number of amides is 1. The highest BCUT2D eigenvalue weighted by Gasteiger charge is 2.18. The van der Waals surface area contributed by atoms with Crippen LogP contribution in [0.3, 0.4) is 0 Å². The summed E-state index contributed by atoms with van der Waals surface area (Å²) in [6.07, 6.45) is 0. The maximum absolute atomic E-state index is 12.1. The van der Waals surface area contributed by atoms with E-state index in [-0.39, 0.29) is 24.2 Å². The first-order valence-corrected chi connectivity index (χ1v) is 5.96. The predicted octanol–water partition coefficient (Wildman–Crippen LogP) is 2.54. The number of hydrogen-bond donors (Lipinski definition) is 1. The van der Waals surface area contributed by atoms with Crippen molar-refractivity contribution >= 4 is 24.0 Å². The van der Waals surface area contributed by atoms with Gasteiger partial charge in [-0.2, -0.15) is 0 Å². The molecule has 0 radical (unpaired) electrons. The summed E-state index contributed by atoms with van der Waals surface area (Å²) < 4.78 is 0. The van der Waals surface area contributed by atoms with Gasteiger partial charge in [0.05, 0.1) is 0 Å². The molecule has 102 valence electrons. The third kappa shape index (κ3) is 4.31. The highest BCUT2D eigenvalue weighted by Crippen LogP contribution is 2.19. The smallest absolute Gasteiger partial charge is 0.230 e. The Morgan fingerprint density at radius 2 is 1.78 bits per heavy atom. The number of rotatable bonds is 4. The highest BCUT2D eigenvalue weighted by molar-refractivity contribution is 5.94. The monoisotopic (exact) mass is 270 g/mol. The topological polar surface area (TPSA) is 32.3 Å². The number of nitrogens with zero attached hydrogens (tertiary/aromatic N) is 1. The van der Waals surface area contributed by atoms with E-state index in [0.717, 1.165) is 5.69 Å². The molecule has 4 heteroatoms. The maximum atomic E-state index is 12.1. The lowest BCUT2D eigenvalue weighted by Gasteiger charge is -2.22. The number of benzene rings is 1. The lowest BCUT2D eigenvalue weighted by Crippen LogP contribution is -2.36. The van der Waals surface area contributed by atoms with E-state index in [1.807, 2.05) is 47.0 Å². The quantitative estimate of drug-likeness (QED) is 0.912. The van der Waals surface area contributed by atoms with Crippen LogP contribution in [0.4, 0.5) is 5.69 Å². The highest BCUT2D eigenvalue weighted by atomic mass is 35.5. The van der Waals surface area contributed by atoms with Crippen LogP contribution in [-0.4, -0.2) is 26.5 Å². The van der Waals surface area contributed by atoms with Crippen molar-refractivity contribution in [2.75, 3.05) is 25.5 Å². The first kappa shape index (κ1) is 16.9. The molecule has 1 unspecified atom stereocenters. The van der Waals surface area contributed by atoms with Gasteiger partial charge in [-0.15, -0.1) is 12.4 Å². The van der Waals surface area contributed by atoms with E-state index in [9.17, 15) is 4.79 Å². The molecule has 0 fully saturated rings. The zero-order valence-electron chi connectivity index (χ0n) is 11.8. The first-order chi connectivity index (χ1) is 7.95. The zero-order chi connectivity index (χ0) is 13.0. The predicted molar refractivity (Wildman–Crippen MR) is 79.7 cm³/mol. The molecule has 0 aliphatic rings. The van der Waals surface area contributed by atoms with E-state index in [2.05, 4.69) is 11.4 Å². The van der Waals surface area contributed by atoms with Gasteiger partial charge in [-0.1, -0.05) is 13.0 Å². The number of hydrogen-bond acceptors (Lipinski definition) is 2. The van der Waals surface area contributed by atoms with E-state index in [4.69, 9.17) is 0 Å². The number of anilines is 1. The van der Waals surface area contributed by atoms with Crippen molar-refractivity contribution in [1.82, 2.24) is 5.32 Å². The Labute approximate surface area is 116 Å². The summed E-state index contributed by atoms with van der Waals surface area (Å²) in [5.74, 6) is 0.134. The molecule has 0 bridgehead atoms. The van der Waals surface area contributed by atoms with Crippen molar-refractivity contribution in [3.05, 3.63) is 29.3 Å². The summed E-state index contributed by atoms with van der Waals surface area (Å²) in [6, 6.07) is 6.19. The second kappa shape index (κ2) is 7.39. The van der Waals surface area contributed by atoms with Gasteiger partial charge in [0, 0.05) is 25.2 Å². The Morgan fingerprint density at radius 3 is 2.22 bits per heavy atom. The summed E-state index contributed by atoms with van der Waals surface area (Å²) in [4.78, 5) is 13.9. The lowest BCUT2D eigenvalue weighted by molar-refractivity contribution is -0.121. The second-order valence-corrected chi connectivity index (χ2v) is 4.70. The Balaban J connectivity index is 0.00000289. The third-order valence-electron chi connectivity index (χ3n) is 2.86. The summed E-state index contributed by atoms with van der Waals surface area (Å²) in [6.45, 7) is 6.74.